The Hall–Kier alpha value is -3.37. The minimum Gasteiger partial charge on any atom is -0.497 e. The summed E-state index contributed by atoms with van der Waals surface area (Å²) in [6.07, 6.45) is 3.58. The summed E-state index contributed by atoms with van der Waals surface area (Å²) in [4.78, 5) is 16.6. The van der Waals surface area contributed by atoms with Gasteiger partial charge in [0.2, 0.25) is 15.9 Å². The number of ether oxygens (including phenoxy) is 1. The topological polar surface area (TPSA) is 106 Å². The van der Waals surface area contributed by atoms with E-state index in [9.17, 15) is 13.2 Å². The average molecular weight is 472 g/mol. The Morgan fingerprint density at radius 2 is 1.85 bits per heavy atom. The third kappa shape index (κ3) is 6.11. The van der Waals surface area contributed by atoms with Gasteiger partial charge >= 0.3 is 0 Å². The molecule has 1 amide bonds. The molecule has 176 valence electrons. The van der Waals surface area contributed by atoms with Gasteiger partial charge in [0.25, 0.3) is 0 Å². The van der Waals surface area contributed by atoms with Crippen molar-refractivity contribution in [2.24, 2.45) is 7.05 Å². The predicted molar refractivity (Wildman–Crippen MR) is 128 cm³/mol. The molecule has 2 aromatic carbocycles. The van der Waals surface area contributed by atoms with Crippen LogP contribution in [0.2, 0.25) is 0 Å². The van der Waals surface area contributed by atoms with E-state index in [1.165, 1.54) is 24.5 Å². The number of hydrogen-bond acceptors (Lipinski definition) is 6. The standard InChI is InChI=1S/C23H29N5O4S/c1-17-13-21(32-4)9-10-22(17)33(30,31)28(3)12-11-23(29)26-19-7-5-18(6-8-19)25-15-20-14-24-16-27(20)2/h5-10,13-14,16,25H,11-12,15H2,1-4H3,(H,26,29). The number of sulfonamides is 1. The first kappa shape index (κ1) is 24.3. The zero-order chi connectivity index (χ0) is 24.0. The fraction of sp³-hybridized carbons (Fsp3) is 0.304. The third-order valence-electron chi connectivity index (χ3n) is 5.28. The second-order valence-electron chi connectivity index (χ2n) is 7.68. The van der Waals surface area contributed by atoms with E-state index in [-0.39, 0.29) is 23.8 Å². The molecule has 0 radical (unpaired) electrons. The van der Waals surface area contributed by atoms with Crippen molar-refractivity contribution in [3.05, 3.63) is 66.2 Å². The minimum atomic E-state index is -3.71. The van der Waals surface area contributed by atoms with Crippen molar-refractivity contribution >= 4 is 27.3 Å². The number of methoxy groups -OCH3 is 1. The van der Waals surface area contributed by atoms with Crippen molar-refractivity contribution in [1.82, 2.24) is 13.9 Å². The number of rotatable bonds is 10. The van der Waals surface area contributed by atoms with Gasteiger partial charge in [-0.3, -0.25) is 4.79 Å². The third-order valence-corrected chi connectivity index (χ3v) is 7.30. The summed E-state index contributed by atoms with van der Waals surface area (Å²) in [6, 6.07) is 12.1. The molecule has 0 saturated carbocycles. The van der Waals surface area contributed by atoms with Gasteiger partial charge in [-0.1, -0.05) is 0 Å². The summed E-state index contributed by atoms with van der Waals surface area (Å²) in [6.45, 7) is 2.41. The Labute approximate surface area is 194 Å². The Bertz CT molecular complexity index is 1210. The van der Waals surface area contributed by atoms with Crippen LogP contribution in [-0.2, 0) is 28.4 Å². The highest BCUT2D eigenvalue weighted by Crippen LogP contribution is 2.23. The number of carbonyl (C=O) groups excluding carboxylic acids is 1. The number of hydrogen-bond donors (Lipinski definition) is 2. The van der Waals surface area contributed by atoms with Gasteiger partial charge in [-0.05, 0) is 55.0 Å². The summed E-state index contributed by atoms with van der Waals surface area (Å²) >= 11 is 0. The molecule has 0 aliphatic heterocycles. The van der Waals surface area contributed by atoms with Crippen molar-refractivity contribution in [1.29, 1.82) is 0 Å². The zero-order valence-corrected chi connectivity index (χ0v) is 20.0. The molecule has 0 atom stereocenters. The van der Waals surface area contributed by atoms with Gasteiger partial charge in [0.05, 0.1) is 30.6 Å². The van der Waals surface area contributed by atoms with Crippen LogP contribution in [0.15, 0.2) is 59.9 Å². The van der Waals surface area contributed by atoms with Crippen molar-refractivity contribution in [3.63, 3.8) is 0 Å². The molecule has 1 heterocycles. The monoisotopic (exact) mass is 471 g/mol. The van der Waals surface area contributed by atoms with Gasteiger partial charge in [-0.15, -0.1) is 0 Å². The normalized spacial score (nSPS) is 11.4. The van der Waals surface area contributed by atoms with E-state index in [1.54, 1.807) is 43.7 Å². The summed E-state index contributed by atoms with van der Waals surface area (Å²) in [5.41, 5.74) is 3.19. The first-order valence-corrected chi connectivity index (χ1v) is 11.8. The number of aryl methyl sites for hydroxylation is 2. The number of carbonyl (C=O) groups is 1. The maximum absolute atomic E-state index is 12.9. The molecule has 0 aliphatic carbocycles. The Morgan fingerprint density at radius 3 is 2.45 bits per heavy atom. The van der Waals surface area contributed by atoms with Crippen LogP contribution < -0.4 is 15.4 Å². The summed E-state index contributed by atoms with van der Waals surface area (Å²) < 4.78 is 34.0. The molecule has 3 aromatic rings. The molecule has 0 saturated heterocycles. The number of anilines is 2. The zero-order valence-electron chi connectivity index (χ0n) is 19.2. The van der Waals surface area contributed by atoms with E-state index in [2.05, 4.69) is 15.6 Å². The maximum atomic E-state index is 12.9. The lowest BCUT2D eigenvalue weighted by Crippen LogP contribution is -2.30. The summed E-state index contributed by atoms with van der Waals surface area (Å²) in [5.74, 6) is 0.325. The molecular formula is C23H29N5O4S. The number of benzene rings is 2. The summed E-state index contributed by atoms with van der Waals surface area (Å²) in [7, 11) is 1.22. The number of amides is 1. The van der Waals surface area contributed by atoms with E-state index < -0.39 is 10.0 Å². The van der Waals surface area contributed by atoms with Gasteiger partial charge in [-0.25, -0.2) is 17.7 Å². The number of aromatic nitrogens is 2. The molecule has 1 aromatic heterocycles. The SMILES string of the molecule is COc1ccc(S(=O)(=O)N(C)CCC(=O)Nc2ccc(NCc3cncn3C)cc2)c(C)c1. The van der Waals surface area contributed by atoms with Crippen LogP contribution in [0.5, 0.6) is 5.75 Å². The van der Waals surface area contributed by atoms with Crippen LogP contribution in [0, 0.1) is 6.92 Å². The molecule has 0 aliphatic rings. The fourth-order valence-electron chi connectivity index (χ4n) is 3.23. The lowest BCUT2D eigenvalue weighted by molar-refractivity contribution is -0.116. The minimum absolute atomic E-state index is 0.0332. The molecule has 0 bridgehead atoms. The fourth-order valence-corrected chi connectivity index (χ4v) is 4.60. The van der Waals surface area contributed by atoms with Crippen LogP contribution in [0.25, 0.3) is 0 Å². The maximum Gasteiger partial charge on any atom is 0.243 e. The van der Waals surface area contributed by atoms with E-state index in [4.69, 9.17) is 4.74 Å². The quantitative estimate of drug-likeness (QED) is 0.471. The Kier molecular flexibility index (Phi) is 7.72. The smallest absolute Gasteiger partial charge is 0.243 e. The van der Waals surface area contributed by atoms with Crippen molar-refractivity contribution in [3.8, 4) is 5.75 Å². The van der Waals surface area contributed by atoms with Gasteiger partial charge in [0.1, 0.15) is 5.75 Å². The number of nitrogens with zero attached hydrogens (tertiary/aromatic N) is 3. The lowest BCUT2D eigenvalue weighted by atomic mass is 10.2. The van der Waals surface area contributed by atoms with Gasteiger partial charge in [0.15, 0.2) is 0 Å². The van der Waals surface area contributed by atoms with Gasteiger partial charge < -0.3 is 19.9 Å². The molecular weight excluding hydrogens is 442 g/mol. The number of nitrogens with one attached hydrogen (secondary N) is 2. The first-order valence-electron chi connectivity index (χ1n) is 10.4. The second kappa shape index (κ2) is 10.5. The Morgan fingerprint density at radius 1 is 1.15 bits per heavy atom. The van der Waals surface area contributed by atoms with E-state index >= 15 is 0 Å². The van der Waals surface area contributed by atoms with Gasteiger partial charge in [-0.2, -0.15) is 0 Å². The van der Waals surface area contributed by atoms with Crippen molar-refractivity contribution < 1.29 is 17.9 Å². The second-order valence-corrected chi connectivity index (χ2v) is 9.70. The molecule has 33 heavy (non-hydrogen) atoms. The molecule has 0 unspecified atom stereocenters. The lowest BCUT2D eigenvalue weighted by Gasteiger charge is -2.18. The molecule has 0 fully saturated rings. The average Bonchev–Trinajstić information content (AvgIpc) is 3.21. The van der Waals surface area contributed by atoms with Crippen LogP contribution in [-0.4, -0.2) is 48.9 Å². The first-order chi connectivity index (χ1) is 15.7. The summed E-state index contributed by atoms with van der Waals surface area (Å²) in [5, 5.41) is 6.10. The highest BCUT2D eigenvalue weighted by molar-refractivity contribution is 7.89. The van der Waals surface area contributed by atoms with E-state index in [0.717, 1.165) is 11.4 Å². The molecule has 2 N–H and O–H groups in total. The van der Waals surface area contributed by atoms with Crippen LogP contribution in [0.1, 0.15) is 17.7 Å². The van der Waals surface area contributed by atoms with Crippen molar-refractivity contribution in [2.75, 3.05) is 31.3 Å². The van der Waals surface area contributed by atoms with E-state index in [0.29, 0.717) is 23.5 Å². The van der Waals surface area contributed by atoms with Crippen molar-refractivity contribution in [2.45, 2.75) is 24.8 Å². The predicted octanol–water partition coefficient (Wildman–Crippen LogP) is 3.00. The van der Waals surface area contributed by atoms with E-state index in [1.807, 2.05) is 23.7 Å². The van der Waals surface area contributed by atoms with Crippen LogP contribution >= 0.6 is 0 Å². The molecule has 9 nitrogen and oxygen atoms in total. The molecule has 10 heteroatoms. The number of imidazole rings is 1. The Balaban J connectivity index is 1.51. The highest BCUT2D eigenvalue weighted by Gasteiger charge is 2.23. The molecule has 3 rings (SSSR count). The highest BCUT2D eigenvalue weighted by atomic mass is 32.2. The van der Waals surface area contributed by atoms with Gasteiger partial charge in [0, 0.05) is 44.6 Å². The van der Waals surface area contributed by atoms with Crippen LogP contribution in [0.4, 0.5) is 11.4 Å². The molecule has 0 spiro atoms. The van der Waals surface area contributed by atoms with Crippen LogP contribution in [0.3, 0.4) is 0 Å². The largest absolute Gasteiger partial charge is 0.497 e.